The van der Waals surface area contributed by atoms with Gasteiger partial charge < -0.3 is 4.90 Å². The molecule has 0 N–H and O–H groups in total. The van der Waals surface area contributed by atoms with Gasteiger partial charge in [-0.1, -0.05) is 60.7 Å². The highest BCUT2D eigenvalue weighted by molar-refractivity contribution is 5.91. The molecule has 0 saturated carbocycles. The van der Waals surface area contributed by atoms with Crippen molar-refractivity contribution in [2.24, 2.45) is 0 Å². The number of para-hydroxylation sites is 1. The average Bonchev–Trinajstić information content (AvgIpc) is 2.83. The van der Waals surface area contributed by atoms with E-state index >= 15 is 0 Å². The van der Waals surface area contributed by atoms with Gasteiger partial charge in [0.2, 0.25) is 5.91 Å². The Morgan fingerprint density at radius 2 is 1.69 bits per heavy atom. The first kappa shape index (κ1) is 22.4. The van der Waals surface area contributed by atoms with E-state index in [4.69, 9.17) is 5.26 Å². The first-order valence-electron chi connectivity index (χ1n) is 10.3. The van der Waals surface area contributed by atoms with Crippen LogP contribution in [0.1, 0.15) is 28.7 Å². The van der Waals surface area contributed by atoms with Crippen LogP contribution in [0.15, 0.2) is 84.9 Å². The molecule has 0 aliphatic carbocycles. The van der Waals surface area contributed by atoms with Gasteiger partial charge in [-0.2, -0.15) is 5.26 Å². The number of hydrogen-bond donors (Lipinski definition) is 0. The molecule has 0 unspecified atom stereocenters. The second-order valence-electron chi connectivity index (χ2n) is 7.30. The summed E-state index contributed by atoms with van der Waals surface area (Å²) in [6.45, 7) is 0.625. The van der Waals surface area contributed by atoms with E-state index < -0.39 is 4.92 Å². The fraction of sp³-hybridized carbons (Fsp3) is 0.154. The van der Waals surface area contributed by atoms with Crippen LogP contribution in [-0.4, -0.2) is 22.3 Å². The number of rotatable bonds is 9. The van der Waals surface area contributed by atoms with Gasteiger partial charge in [0.05, 0.1) is 23.1 Å². The predicted octanol–water partition coefficient (Wildman–Crippen LogP) is 5.14. The van der Waals surface area contributed by atoms with Crippen molar-refractivity contribution < 1.29 is 9.72 Å². The molecule has 0 fully saturated rings. The number of hydrogen-bond acceptors (Lipinski definition) is 4. The van der Waals surface area contributed by atoms with Crippen LogP contribution in [0.4, 0.5) is 5.69 Å². The van der Waals surface area contributed by atoms with Gasteiger partial charge in [0.15, 0.2) is 0 Å². The Morgan fingerprint density at radius 3 is 2.38 bits per heavy atom. The number of benzene rings is 3. The highest BCUT2D eigenvalue weighted by atomic mass is 16.6. The molecule has 0 bridgehead atoms. The summed E-state index contributed by atoms with van der Waals surface area (Å²) in [7, 11) is 0. The summed E-state index contributed by atoms with van der Waals surface area (Å²) in [6.07, 6.45) is 4.70. The van der Waals surface area contributed by atoms with Crippen molar-refractivity contribution >= 4 is 17.7 Å². The Morgan fingerprint density at radius 1 is 1.00 bits per heavy atom. The second-order valence-corrected chi connectivity index (χ2v) is 7.30. The van der Waals surface area contributed by atoms with Gasteiger partial charge in [-0.25, -0.2) is 0 Å². The Bertz CT molecular complexity index is 1130. The molecule has 0 spiro atoms. The third kappa shape index (κ3) is 6.38. The van der Waals surface area contributed by atoms with Gasteiger partial charge >= 0.3 is 0 Å². The lowest BCUT2D eigenvalue weighted by atomic mass is 10.1. The van der Waals surface area contributed by atoms with E-state index in [0.717, 1.165) is 18.4 Å². The lowest BCUT2D eigenvalue weighted by molar-refractivity contribution is -0.385. The number of amides is 1. The number of carbonyl (C=O) groups excluding carboxylic acids is 1. The van der Waals surface area contributed by atoms with E-state index in [-0.39, 0.29) is 18.1 Å². The van der Waals surface area contributed by atoms with Crippen LogP contribution >= 0.6 is 0 Å². The number of nitro benzene ring substituents is 1. The minimum absolute atomic E-state index is 0.00410. The molecule has 0 aliphatic heterocycles. The summed E-state index contributed by atoms with van der Waals surface area (Å²) in [5, 5.41) is 20.3. The minimum atomic E-state index is -0.422. The molecule has 3 aromatic rings. The molecule has 1 amide bonds. The summed E-state index contributed by atoms with van der Waals surface area (Å²) < 4.78 is 0. The zero-order chi connectivity index (χ0) is 22.8. The van der Waals surface area contributed by atoms with Crippen molar-refractivity contribution in [1.29, 1.82) is 5.26 Å². The van der Waals surface area contributed by atoms with Crippen molar-refractivity contribution in [2.75, 3.05) is 6.54 Å². The van der Waals surface area contributed by atoms with Crippen LogP contribution in [-0.2, 0) is 17.8 Å². The predicted molar refractivity (Wildman–Crippen MR) is 123 cm³/mol. The van der Waals surface area contributed by atoms with Gasteiger partial charge in [-0.15, -0.1) is 0 Å². The molecule has 6 heteroatoms. The highest BCUT2D eigenvalue weighted by Gasteiger charge is 2.18. The van der Waals surface area contributed by atoms with E-state index in [2.05, 4.69) is 6.07 Å². The summed E-state index contributed by atoms with van der Waals surface area (Å²) >= 11 is 0. The molecule has 6 nitrogen and oxygen atoms in total. The molecular weight excluding hydrogens is 402 g/mol. The van der Waals surface area contributed by atoms with Crippen molar-refractivity contribution in [3.63, 3.8) is 0 Å². The maximum Gasteiger partial charge on any atom is 0.274 e. The fourth-order valence-corrected chi connectivity index (χ4v) is 3.36. The summed E-state index contributed by atoms with van der Waals surface area (Å²) in [5.74, 6) is -0.222. The Hall–Kier alpha value is -4.24. The van der Waals surface area contributed by atoms with Crippen LogP contribution in [0.5, 0.6) is 0 Å². The third-order valence-corrected chi connectivity index (χ3v) is 5.06. The lowest BCUT2D eigenvalue weighted by Crippen LogP contribution is -2.30. The standard InChI is InChI=1S/C26H23N3O3/c27-19-23-14-12-22(13-15-23)16-17-26(30)28(18-6-9-21-7-2-1-3-8-21)20-24-10-4-5-11-25(24)29(31)32/h1-5,7-8,10-17H,6,9,18,20H2/b17-16+. The SMILES string of the molecule is N#Cc1ccc(/C=C/C(=O)N(CCCc2ccccc2)Cc2ccccc2[N+](=O)[O-])cc1. The van der Waals surface area contributed by atoms with E-state index in [1.807, 2.05) is 30.3 Å². The molecular formula is C26H23N3O3. The monoisotopic (exact) mass is 425 g/mol. The normalized spacial score (nSPS) is 10.6. The van der Waals surface area contributed by atoms with Gasteiger partial charge in [0.1, 0.15) is 0 Å². The summed E-state index contributed by atoms with van der Waals surface area (Å²) in [4.78, 5) is 25.6. The van der Waals surface area contributed by atoms with Crippen molar-refractivity contribution in [2.45, 2.75) is 19.4 Å². The van der Waals surface area contributed by atoms with Gasteiger partial charge in [0, 0.05) is 24.3 Å². The largest absolute Gasteiger partial charge is 0.335 e. The van der Waals surface area contributed by atoms with Crippen LogP contribution < -0.4 is 0 Å². The minimum Gasteiger partial charge on any atom is -0.335 e. The van der Waals surface area contributed by atoms with Gasteiger partial charge in [0.25, 0.3) is 5.69 Å². The maximum absolute atomic E-state index is 13.0. The van der Waals surface area contributed by atoms with Crippen LogP contribution in [0.2, 0.25) is 0 Å². The zero-order valence-electron chi connectivity index (χ0n) is 17.6. The smallest absolute Gasteiger partial charge is 0.274 e. The van der Waals surface area contributed by atoms with Crippen LogP contribution in [0.25, 0.3) is 6.08 Å². The van der Waals surface area contributed by atoms with Crippen molar-refractivity contribution in [1.82, 2.24) is 4.90 Å². The zero-order valence-corrected chi connectivity index (χ0v) is 17.6. The number of nitro groups is 1. The van der Waals surface area contributed by atoms with Crippen LogP contribution in [0.3, 0.4) is 0 Å². The number of aryl methyl sites for hydroxylation is 1. The lowest BCUT2D eigenvalue weighted by Gasteiger charge is -2.21. The molecule has 32 heavy (non-hydrogen) atoms. The Kier molecular flexibility index (Phi) is 7.88. The molecule has 3 aromatic carbocycles. The number of nitrogens with zero attached hydrogens (tertiary/aromatic N) is 3. The fourth-order valence-electron chi connectivity index (χ4n) is 3.36. The van der Waals surface area contributed by atoms with Crippen molar-refractivity contribution in [3.8, 4) is 6.07 Å². The summed E-state index contributed by atoms with van der Waals surface area (Å²) in [5.41, 5.74) is 3.03. The van der Waals surface area contributed by atoms with E-state index in [1.165, 1.54) is 17.7 Å². The number of nitriles is 1. The van der Waals surface area contributed by atoms with E-state index in [1.54, 1.807) is 53.4 Å². The first-order chi connectivity index (χ1) is 15.6. The molecule has 0 radical (unpaired) electrons. The van der Waals surface area contributed by atoms with Gasteiger partial charge in [-0.05, 0) is 42.2 Å². The Labute approximate surface area is 187 Å². The topological polar surface area (TPSA) is 87.2 Å². The molecule has 0 saturated heterocycles. The molecule has 3 rings (SSSR count). The van der Waals surface area contributed by atoms with Gasteiger partial charge in [-0.3, -0.25) is 14.9 Å². The maximum atomic E-state index is 13.0. The Balaban J connectivity index is 1.75. The quantitative estimate of drug-likeness (QED) is 0.270. The van der Waals surface area contributed by atoms with E-state index in [0.29, 0.717) is 17.7 Å². The molecule has 0 atom stereocenters. The highest BCUT2D eigenvalue weighted by Crippen LogP contribution is 2.20. The van der Waals surface area contributed by atoms with Crippen molar-refractivity contribution in [3.05, 3.63) is 117 Å². The number of carbonyl (C=O) groups is 1. The first-order valence-corrected chi connectivity index (χ1v) is 10.3. The summed E-state index contributed by atoms with van der Waals surface area (Å²) in [6, 6.07) is 25.5. The van der Waals surface area contributed by atoms with E-state index in [9.17, 15) is 14.9 Å². The van der Waals surface area contributed by atoms with Crippen LogP contribution in [0, 0.1) is 21.4 Å². The second kappa shape index (κ2) is 11.2. The molecule has 160 valence electrons. The third-order valence-electron chi connectivity index (χ3n) is 5.06. The molecule has 0 heterocycles. The molecule has 0 aliphatic rings. The molecule has 0 aromatic heterocycles. The average molecular weight is 425 g/mol.